The third kappa shape index (κ3) is 3.01. The molecule has 0 bridgehead atoms. The molecule has 0 aliphatic rings. The monoisotopic (exact) mass is 294 g/mol. The van der Waals surface area contributed by atoms with Gasteiger partial charge in [-0.3, -0.25) is 0 Å². The van der Waals surface area contributed by atoms with Crippen LogP contribution in [0.2, 0.25) is 0 Å². The molecule has 3 aromatic rings. The number of para-hydroxylation sites is 1. The molecule has 4 heteroatoms. The summed E-state index contributed by atoms with van der Waals surface area (Å²) in [6.07, 6.45) is 0. The van der Waals surface area contributed by atoms with Crippen LogP contribution in [0.1, 0.15) is 16.3 Å². The number of rotatable bonds is 5. The third-order valence-corrected chi connectivity index (χ3v) is 3.21. The first-order valence-corrected chi connectivity index (χ1v) is 6.83. The van der Waals surface area contributed by atoms with E-state index in [-0.39, 0.29) is 12.4 Å². The van der Waals surface area contributed by atoms with Crippen molar-refractivity contribution in [1.29, 1.82) is 0 Å². The van der Waals surface area contributed by atoms with Crippen molar-refractivity contribution in [3.8, 4) is 16.9 Å². The average Bonchev–Trinajstić information content (AvgIpc) is 3.03. The van der Waals surface area contributed by atoms with Gasteiger partial charge in [-0.25, -0.2) is 4.79 Å². The molecule has 0 radical (unpaired) electrons. The number of carbonyl (C=O) groups is 1. The Labute approximate surface area is 127 Å². The molecule has 0 fully saturated rings. The van der Waals surface area contributed by atoms with Crippen molar-refractivity contribution in [2.45, 2.75) is 6.61 Å². The number of aromatic carboxylic acids is 1. The molecule has 1 aromatic heterocycles. The zero-order valence-electron chi connectivity index (χ0n) is 11.7. The van der Waals surface area contributed by atoms with Crippen molar-refractivity contribution in [1.82, 2.24) is 0 Å². The maximum absolute atomic E-state index is 10.8. The molecule has 2 aromatic carbocycles. The van der Waals surface area contributed by atoms with Crippen LogP contribution >= 0.6 is 0 Å². The quantitative estimate of drug-likeness (QED) is 0.765. The van der Waals surface area contributed by atoms with Gasteiger partial charge in [0.1, 0.15) is 18.1 Å². The SMILES string of the molecule is O=C(O)c1ccc(COc2ccccc2-c2ccccc2)o1. The normalized spacial score (nSPS) is 10.4. The first-order chi connectivity index (χ1) is 10.7. The number of hydrogen-bond donors (Lipinski definition) is 1. The Bertz CT molecular complexity index is 775. The minimum Gasteiger partial charge on any atom is -0.485 e. The van der Waals surface area contributed by atoms with Crippen LogP contribution in [0.25, 0.3) is 11.1 Å². The molecule has 4 nitrogen and oxygen atoms in total. The van der Waals surface area contributed by atoms with Crippen molar-refractivity contribution in [2.75, 3.05) is 0 Å². The molecule has 1 N–H and O–H groups in total. The lowest BCUT2D eigenvalue weighted by molar-refractivity contribution is 0.0658. The third-order valence-electron chi connectivity index (χ3n) is 3.21. The van der Waals surface area contributed by atoms with E-state index in [0.29, 0.717) is 5.76 Å². The molecular formula is C18H14O4. The first kappa shape index (κ1) is 13.9. The maximum Gasteiger partial charge on any atom is 0.371 e. The predicted molar refractivity (Wildman–Crippen MR) is 81.9 cm³/mol. The molecule has 0 spiro atoms. The molecule has 0 amide bonds. The van der Waals surface area contributed by atoms with Crippen molar-refractivity contribution in [2.24, 2.45) is 0 Å². The highest BCUT2D eigenvalue weighted by Gasteiger charge is 2.10. The minimum atomic E-state index is -1.09. The fraction of sp³-hybridized carbons (Fsp3) is 0.0556. The molecule has 22 heavy (non-hydrogen) atoms. The van der Waals surface area contributed by atoms with E-state index in [1.807, 2.05) is 54.6 Å². The summed E-state index contributed by atoms with van der Waals surface area (Å²) in [5.41, 5.74) is 2.04. The highest BCUT2D eigenvalue weighted by atomic mass is 16.5. The summed E-state index contributed by atoms with van der Waals surface area (Å²) in [7, 11) is 0. The Morgan fingerprint density at radius 3 is 2.41 bits per heavy atom. The Balaban J connectivity index is 1.79. The molecule has 3 rings (SSSR count). The second-order valence-electron chi connectivity index (χ2n) is 4.72. The summed E-state index contributed by atoms with van der Waals surface area (Å²) in [6.45, 7) is 0.178. The number of carboxylic acid groups (broad SMARTS) is 1. The molecular weight excluding hydrogens is 280 g/mol. The second kappa shape index (κ2) is 6.18. The van der Waals surface area contributed by atoms with Crippen LogP contribution in [-0.4, -0.2) is 11.1 Å². The highest BCUT2D eigenvalue weighted by molar-refractivity contribution is 5.84. The summed E-state index contributed by atoms with van der Waals surface area (Å²) in [5, 5.41) is 8.84. The lowest BCUT2D eigenvalue weighted by Crippen LogP contribution is -1.96. The predicted octanol–water partition coefficient (Wildman–Crippen LogP) is 4.22. The average molecular weight is 294 g/mol. The lowest BCUT2D eigenvalue weighted by Gasteiger charge is -2.10. The van der Waals surface area contributed by atoms with Crippen LogP contribution < -0.4 is 4.74 Å². The van der Waals surface area contributed by atoms with E-state index in [4.69, 9.17) is 14.3 Å². The molecule has 0 saturated carbocycles. The van der Waals surface area contributed by atoms with Crippen LogP contribution in [0.3, 0.4) is 0 Å². The number of ether oxygens (including phenoxy) is 1. The Morgan fingerprint density at radius 1 is 0.955 bits per heavy atom. The first-order valence-electron chi connectivity index (χ1n) is 6.83. The zero-order chi connectivity index (χ0) is 15.4. The van der Waals surface area contributed by atoms with Gasteiger partial charge >= 0.3 is 5.97 Å². The number of furan rings is 1. The van der Waals surface area contributed by atoms with Crippen LogP contribution in [0.4, 0.5) is 0 Å². The standard InChI is InChI=1S/C18H14O4/c19-18(20)17-11-10-14(22-17)12-21-16-9-5-4-8-15(16)13-6-2-1-3-7-13/h1-11H,12H2,(H,19,20). The van der Waals surface area contributed by atoms with Crippen LogP contribution in [0.5, 0.6) is 5.75 Å². The zero-order valence-corrected chi connectivity index (χ0v) is 11.7. The van der Waals surface area contributed by atoms with E-state index in [2.05, 4.69) is 0 Å². The Hall–Kier alpha value is -3.01. The number of hydrogen-bond acceptors (Lipinski definition) is 3. The molecule has 0 atom stereocenters. The number of carboxylic acids is 1. The molecule has 0 aliphatic heterocycles. The fourth-order valence-electron chi connectivity index (χ4n) is 2.17. The van der Waals surface area contributed by atoms with Crippen molar-refractivity contribution < 1.29 is 19.1 Å². The molecule has 0 unspecified atom stereocenters. The van der Waals surface area contributed by atoms with Gasteiger partial charge in [-0.15, -0.1) is 0 Å². The smallest absolute Gasteiger partial charge is 0.371 e. The summed E-state index contributed by atoms with van der Waals surface area (Å²) in [4.78, 5) is 10.8. The maximum atomic E-state index is 10.8. The van der Waals surface area contributed by atoms with Crippen LogP contribution in [0.15, 0.2) is 71.1 Å². The van der Waals surface area contributed by atoms with E-state index < -0.39 is 5.97 Å². The van der Waals surface area contributed by atoms with Gasteiger partial charge in [0.15, 0.2) is 0 Å². The van der Waals surface area contributed by atoms with Crippen LogP contribution in [-0.2, 0) is 6.61 Å². The van der Waals surface area contributed by atoms with Gasteiger partial charge in [0.25, 0.3) is 0 Å². The van der Waals surface area contributed by atoms with Crippen LogP contribution in [0, 0.1) is 0 Å². The summed E-state index contributed by atoms with van der Waals surface area (Å²) in [5.74, 6) is 0.0214. The topological polar surface area (TPSA) is 59.7 Å². The van der Waals surface area contributed by atoms with Crippen molar-refractivity contribution >= 4 is 5.97 Å². The lowest BCUT2D eigenvalue weighted by atomic mass is 10.1. The van der Waals surface area contributed by atoms with E-state index in [1.165, 1.54) is 6.07 Å². The summed E-state index contributed by atoms with van der Waals surface area (Å²) >= 11 is 0. The van der Waals surface area contributed by atoms with Gasteiger partial charge in [0.2, 0.25) is 5.76 Å². The van der Waals surface area contributed by atoms with Gasteiger partial charge in [-0.05, 0) is 23.8 Å². The molecule has 0 aliphatic carbocycles. The van der Waals surface area contributed by atoms with Crippen molar-refractivity contribution in [3.05, 3.63) is 78.3 Å². The fourth-order valence-corrected chi connectivity index (χ4v) is 2.17. The number of benzene rings is 2. The van der Waals surface area contributed by atoms with Gasteiger partial charge in [0.05, 0.1) is 0 Å². The minimum absolute atomic E-state index is 0.0880. The van der Waals surface area contributed by atoms with E-state index in [9.17, 15) is 4.79 Å². The van der Waals surface area contributed by atoms with Crippen molar-refractivity contribution in [3.63, 3.8) is 0 Å². The Morgan fingerprint density at radius 2 is 1.68 bits per heavy atom. The van der Waals surface area contributed by atoms with E-state index >= 15 is 0 Å². The van der Waals surface area contributed by atoms with E-state index in [0.717, 1.165) is 16.9 Å². The highest BCUT2D eigenvalue weighted by Crippen LogP contribution is 2.30. The molecule has 1 heterocycles. The van der Waals surface area contributed by atoms with Gasteiger partial charge in [-0.1, -0.05) is 48.5 Å². The largest absolute Gasteiger partial charge is 0.485 e. The van der Waals surface area contributed by atoms with Gasteiger partial charge < -0.3 is 14.3 Å². The molecule has 0 saturated heterocycles. The van der Waals surface area contributed by atoms with Gasteiger partial charge in [0, 0.05) is 5.56 Å². The summed E-state index contributed by atoms with van der Waals surface area (Å²) < 4.78 is 11.0. The van der Waals surface area contributed by atoms with Gasteiger partial charge in [-0.2, -0.15) is 0 Å². The summed E-state index contributed by atoms with van der Waals surface area (Å²) in [6, 6.07) is 20.7. The Kier molecular flexibility index (Phi) is 3.92. The molecule has 110 valence electrons. The second-order valence-corrected chi connectivity index (χ2v) is 4.72. The van der Waals surface area contributed by atoms with E-state index in [1.54, 1.807) is 6.07 Å².